The highest BCUT2D eigenvalue weighted by molar-refractivity contribution is 5.53. The number of alkyl halides is 3. The molecule has 0 amide bonds. The van der Waals surface area contributed by atoms with Crippen LogP contribution in [-0.4, -0.2) is 18.2 Å². The number of fused-ring (bicyclic) bond motifs is 1. The molecule has 1 aromatic rings. The fraction of sp³-hybridized carbons (Fsp3) is 0.545. The molecule has 18 heavy (non-hydrogen) atoms. The molecule has 0 fully saturated rings. The average molecular weight is 261 g/mol. The first-order chi connectivity index (χ1) is 8.36. The van der Waals surface area contributed by atoms with E-state index in [1.54, 1.807) is 11.9 Å². The van der Waals surface area contributed by atoms with Crippen molar-refractivity contribution >= 4 is 5.82 Å². The van der Waals surface area contributed by atoms with E-state index in [1.165, 1.54) is 4.57 Å². The second-order valence-electron chi connectivity index (χ2n) is 4.33. The number of nitrogens with zero attached hydrogens (tertiary/aromatic N) is 2. The molecule has 0 radical (unpaired) electrons. The summed E-state index contributed by atoms with van der Waals surface area (Å²) in [5.41, 5.74) is 3.89. The van der Waals surface area contributed by atoms with Gasteiger partial charge < -0.3 is 10.6 Å². The molecule has 1 aliphatic heterocycles. The number of halogens is 3. The van der Waals surface area contributed by atoms with E-state index in [0.29, 0.717) is 25.0 Å². The third-order valence-corrected chi connectivity index (χ3v) is 3.13. The van der Waals surface area contributed by atoms with Crippen LogP contribution < -0.4 is 16.2 Å². The Labute approximate surface area is 102 Å². The van der Waals surface area contributed by atoms with Gasteiger partial charge in [-0.25, -0.2) is 0 Å². The molecule has 0 spiro atoms. The SMILES string of the molecule is CN1CCCn2c1c(CN)c(C(F)(F)F)cc2=O. The molecule has 1 aliphatic rings. The summed E-state index contributed by atoms with van der Waals surface area (Å²) in [6, 6.07) is 0.644. The topological polar surface area (TPSA) is 51.3 Å². The number of hydrogen-bond acceptors (Lipinski definition) is 3. The van der Waals surface area contributed by atoms with Crippen molar-refractivity contribution in [2.24, 2.45) is 5.73 Å². The van der Waals surface area contributed by atoms with E-state index in [0.717, 1.165) is 6.42 Å². The summed E-state index contributed by atoms with van der Waals surface area (Å²) in [4.78, 5) is 13.4. The van der Waals surface area contributed by atoms with Gasteiger partial charge in [0.25, 0.3) is 5.56 Å². The third-order valence-electron chi connectivity index (χ3n) is 3.13. The maximum atomic E-state index is 12.9. The highest BCUT2D eigenvalue weighted by Gasteiger charge is 2.36. The van der Waals surface area contributed by atoms with Crippen LogP contribution in [0.2, 0.25) is 0 Å². The Morgan fingerprint density at radius 3 is 2.61 bits per heavy atom. The second-order valence-corrected chi connectivity index (χ2v) is 4.33. The van der Waals surface area contributed by atoms with Crippen molar-refractivity contribution < 1.29 is 13.2 Å². The zero-order valence-corrected chi connectivity index (χ0v) is 9.92. The lowest BCUT2D eigenvalue weighted by Crippen LogP contribution is -2.38. The summed E-state index contributed by atoms with van der Waals surface area (Å²) in [7, 11) is 1.67. The fourth-order valence-corrected chi connectivity index (χ4v) is 2.35. The standard InChI is InChI=1S/C11H14F3N3O/c1-16-3-2-4-17-9(18)5-8(11(12,13)14)7(6-15)10(16)17/h5H,2-4,6,15H2,1H3. The predicted molar refractivity (Wildman–Crippen MR) is 61.5 cm³/mol. The maximum Gasteiger partial charge on any atom is 0.417 e. The summed E-state index contributed by atoms with van der Waals surface area (Å²) in [6.45, 7) is 0.812. The molecule has 0 saturated heterocycles. The lowest BCUT2D eigenvalue weighted by molar-refractivity contribution is -0.138. The van der Waals surface area contributed by atoms with Gasteiger partial charge in [0.2, 0.25) is 0 Å². The van der Waals surface area contributed by atoms with Crippen molar-refractivity contribution in [1.29, 1.82) is 0 Å². The number of rotatable bonds is 1. The van der Waals surface area contributed by atoms with Crippen molar-refractivity contribution in [3.63, 3.8) is 0 Å². The van der Waals surface area contributed by atoms with Crippen LogP contribution in [0, 0.1) is 0 Å². The summed E-state index contributed by atoms with van der Waals surface area (Å²) in [6.07, 6.45) is -3.82. The Kier molecular flexibility index (Phi) is 3.10. The largest absolute Gasteiger partial charge is 0.417 e. The molecule has 0 bridgehead atoms. The first kappa shape index (κ1) is 12.9. The lowest BCUT2D eigenvalue weighted by Gasteiger charge is -2.32. The van der Waals surface area contributed by atoms with E-state index < -0.39 is 17.3 Å². The van der Waals surface area contributed by atoms with E-state index in [2.05, 4.69) is 0 Å². The number of hydrogen-bond donors (Lipinski definition) is 1. The minimum atomic E-state index is -4.55. The Morgan fingerprint density at radius 1 is 1.39 bits per heavy atom. The van der Waals surface area contributed by atoms with Gasteiger partial charge in [0.15, 0.2) is 0 Å². The van der Waals surface area contributed by atoms with Gasteiger partial charge in [0.05, 0.1) is 5.56 Å². The smallest absolute Gasteiger partial charge is 0.361 e. The summed E-state index contributed by atoms with van der Waals surface area (Å²) >= 11 is 0. The van der Waals surface area contributed by atoms with Gasteiger partial charge in [-0.2, -0.15) is 13.2 Å². The van der Waals surface area contributed by atoms with E-state index in [1.807, 2.05) is 0 Å². The zero-order valence-electron chi connectivity index (χ0n) is 9.92. The number of aromatic nitrogens is 1. The molecule has 0 aliphatic carbocycles. The molecule has 2 N–H and O–H groups in total. The first-order valence-corrected chi connectivity index (χ1v) is 5.61. The zero-order chi connectivity index (χ0) is 13.5. The third kappa shape index (κ3) is 1.98. The van der Waals surface area contributed by atoms with Gasteiger partial charge in [0.1, 0.15) is 5.82 Å². The monoisotopic (exact) mass is 261 g/mol. The van der Waals surface area contributed by atoms with Gasteiger partial charge in [0, 0.05) is 38.3 Å². The first-order valence-electron chi connectivity index (χ1n) is 5.61. The predicted octanol–water partition coefficient (Wildman–Crippen LogP) is 1.17. The average Bonchev–Trinajstić information content (AvgIpc) is 2.28. The Morgan fingerprint density at radius 2 is 2.06 bits per heavy atom. The summed E-state index contributed by atoms with van der Waals surface area (Å²) in [5.74, 6) is 0.295. The van der Waals surface area contributed by atoms with Crippen LogP contribution in [0.25, 0.3) is 0 Å². The maximum absolute atomic E-state index is 12.9. The molecule has 2 rings (SSSR count). The molecular formula is C11H14F3N3O. The fourth-order valence-electron chi connectivity index (χ4n) is 2.35. The van der Waals surface area contributed by atoms with Crippen LogP contribution in [0.15, 0.2) is 10.9 Å². The van der Waals surface area contributed by atoms with E-state index in [4.69, 9.17) is 5.73 Å². The summed E-state index contributed by atoms with van der Waals surface area (Å²) < 4.78 is 40.0. The normalized spacial score (nSPS) is 15.7. The van der Waals surface area contributed by atoms with E-state index in [-0.39, 0.29) is 12.1 Å². The van der Waals surface area contributed by atoms with Gasteiger partial charge in [-0.1, -0.05) is 0 Å². The molecule has 0 unspecified atom stereocenters. The molecule has 2 heterocycles. The highest BCUT2D eigenvalue weighted by Crippen LogP contribution is 2.35. The van der Waals surface area contributed by atoms with Gasteiger partial charge in [-0.15, -0.1) is 0 Å². The molecule has 100 valence electrons. The van der Waals surface area contributed by atoms with Crippen LogP contribution in [0.1, 0.15) is 17.5 Å². The molecule has 0 atom stereocenters. The molecule has 7 heteroatoms. The van der Waals surface area contributed by atoms with Crippen molar-refractivity contribution in [3.8, 4) is 0 Å². The van der Waals surface area contributed by atoms with Crippen molar-refractivity contribution in [2.75, 3.05) is 18.5 Å². The van der Waals surface area contributed by atoms with Crippen LogP contribution in [-0.2, 0) is 19.3 Å². The van der Waals surface area contributed by atoms with Gasteiger partial charge in [-0.05, 0) is 6.42 Å². The van der Waals surface area contributed by atoms with Crippen LogP contribution in [0.4, 0.5) is 19.0 Å². The van der Waals surface area contributed by atoms with Crippen LogP contribution in [0.5, 0.6) is 0 Å². The molecule has 0 aromatic carbocycles. The molecule has 0 saturated carbocycles. The van der Waals surface area contributed by atoms with Crippen LogP contribution in [0.3, 0.4) is 0 Å². The van der Waals surface area contributed by atoms with E-state index in [9.17, 15) is 18.0 Å². The highest BCUT2D eigenvalue weighted by atomic mass is 19.4. The van der Waals surface area contributed by atoms with Crippen LogP contribution >= 0.6 is 0 Å². The van der Waals surface area contributed by atoms with Gasteiger partial charge in [-0.3, -0.25) is 9.36 Å². The Hall–Kier alpha value is -1.50. The Balaban J connectivity index is 2.77. The van der Waals surface area contributed by atoms with E-state index >= 15 is 0 Å². The number of anilines is 1. The number of nitrogens with two attached hydrogens (primary N) is 1. The second kappa shape index (κ2) is 4.31. The Bertz CT molecular complexity index is 521. The van der Waals surface area contributed by atoms with Crippen molar-refractivity contribution in [1.82, 2.24) is 4.57 Å². The van der Waals surface area contributed by atoms with Crippen molar-refractivity contribution in [2.45, 2.75) is 25.7 Å². The molecule has 4 nitrogen and oxygen atoms in total. The lowest BCUT2D eigenvalue weighted by atomic mass is 10.1. The molecular weight excluding hydrogens is 247 g/mol. The van der Waals surface area contributed by atoms with Gasteiger partial charge >= 0.3 is 6.18 Å². The minimum Gasteiger partial charge on any atom is -0.361 e. The van der Waals surface area contributed by atoms with Crippen molar-refractivity contribution in [3.05, 3.63) is 27.5 Å². The minimum absolute atomic E-state index is 0.00991. The number of pyridine rings is 1. The summed E-state index contributed by atoms with van der Waals surface area (Å²) in [5, 5.41) is 0. The molecule has 1 aromatic heterocycles. The quantitative estimate of drug-likeness (QED) is 0.825.